The molecule has 0 aliphatic rings. The third-order valence-corrected chi connectivity index (χ3v) is 3.10. The summed E-state index contributed by atoms with van der Waals surface area (Å²) < 4.78 is 43.3. The molecule has 0 amide bonds. The van der Waals surface area contributed by atoms with Crippen LogP contribution in [0.2, 0.25) is 0 Å². The van der Waals surface area contributed by atoms with Crippen molar-refractivity contribution >= 4 is 11.7 Å². The number of nitrogens with zero attached hydrogens (tertiary/aromatic N) is 3. The van der Waals surface area contributed by atoms with E-state index < -0.39 is 17.5 Å². The Morgan fingerprint density at radius 1 is 1.36 bits per heavy atom. The molecule has 7 nitrogen and oxygen atoms in total. The number of furan rings is 1. The van der Waals surface area contributed by atoms with Crippen LogP contribution in [-0.4, -0.2) is 19.6 Å². The van der Waals surface area contributed by atoms with Gasteiger partial charge in [0.1, 0.15) is 5.76 Å². The summed E-state index contributed by atoms with van der Waals surface area (Å²) in [4.78, 5) is 20.2. The number of aromatic amines is 1. The van der Waals surface area contributed by atoms with Gasteiger partial charge in [0.25, 0.3) is 11.3 Å². The predicted molar refractivity (Wildman–Crippen MR) is 69.3 cm³/mol. The van der Waals surface area contributed by atoms with E-state index >= 15 is 0 Å². The molecule has 3 rings (SSSR count). The Kier molecular flexibility index (Phi) is 2.97. The highest BCUT2D eigenvalue weighted by molar-refractivity contribution is 5.37. The van der Waals surface area contributed by atoms with Crippen molar-refractivity contribution in [3.8, 4) is 0 Å². The number of halogens is 3. The molecule has 3 heterocycles. The zero-order valence-electron chi connectivity index (χ0n) is 11.2. The average Bonchev–Trinajstić information content (AvgIpc) is 3.00. The molecule has 0 aliphatic heterocycles. The Bertz CT molecular complexity index is 906. The van der Waals surface area contributed by atoms with E-state index in [9.17, 15) is 18.0 Å². The highest BCUT2D eigenvalue weighted by Gasteiger charge is 2.34. The molecule has 0 fully saturated rings. The van der Waals surface area contributed by atoms with Crippen molar-refractivity contribution in [1.29, 1.82) is 0 Å². The normalized spacial score (nSPS) is 12.2. The van der Waals surface area contributed by atoms with Crippen LogP contribution >= 0.6 is 0 Å². The monoisotopic (exact) mass is 313 g/mol. The van der Waals surface area contributed by atoms with Crippen molar-refractivity contribution in [3.63, 3.8) is 0 Å². The molecule has 22 heavy (non-hydrogen) atoms. The summed E-state index contributed by atoms with van der Waals surface area (Å²) >= 11 is 0. The van der Waals surface area contributed by atoms with Gasteiger partial charge < -0.3 is 10.2 Å². The molecule has 0 saturated carbocycles. The van der Waals surface area contributed by atoms with Crippen molar-refractivity contribution in [3.05, 3.63) is 45.3 Å². The minimum atomic E-state index is -4.57. The van der Waals surface area contributed by atoms with Crippen LogP contribution in [-0.2, 0) is 12.6 Å². The molecular formula is C12H10F3N5O2. The summed E-state index contributed by atoms with van der Waals surface area (Å²) in [5.41, 5.74) is 5.51. The van der Waals surface area contributed by atoms with Gasteiger partial charge in [-0.25, -0.2) is 4.98 Å². The fourth-order valence-electron chi connectivity index (χ4n) is 2.07. The number of aromatic nitrogens is 4. The number of rotatable bonds is 2. The van der Waals surface area contributed by atoms with Gasteiger partial charge in [-0.15, -0.1) is 0 Å². The maximum absolute atomic E-state index is 12.5. The van der Waals surface area contributed by atoms with Gasteiger partial charge >= 0.3 is 6.18 Å². The molecule has 0 aromatic carbocycles. The second-order valence-corrected chi connectivity index (χ2v) is 4.67. The predicted octanol–water partition coefficient (Wildman–Crippen LogP) is 1.51. The first-order chi connectivity index (χ1) is 10.3. The lowest BCUT2D eigenvalue weighted by atomic mass is 10.1. The van der Waals surface area contributed by atoms with Crippen molar-refractivity contribution in [2.45, 2.75) is 19.5 Å². The van der Waals surface area contributed by atoms with Crippen LogP contribution in [0.1, 0.15) is 22.8 Å². The maximum Gasteiger partial charge on any atom is 0.449 e. The molecular weight excluding hydrogens is 303 g/mol. The second kappa shape index (κ2) is 4.61. The molecule has 10 heteroatoms. The first-order valence-corrected chi connectivity index (χ1v) is 6.15. The molecule has 0 aliphatic carbocycles. The number of fused-ring (bicyclic) bond motifs is 1. The summed E-state index contributed by atoms with van der Waals surface area (Å²) in [6.45, 7) is 1.56. The molecule has 0 spiro atoms. The summed E-state index contributed by atoms with van der Waals surface area (Å²) in [5.74, 6) is -0.987. The number of aryl methyl sites for hydroxylation is 1. The van der Waals surface area contributed by atoms with Crippen LogP contribution in [0.25, 0.3) is 5.78 Å². The highest BCUT2D eigenvalue weighted by atomic mass is 19.4. The van der Waals surface area contributed by atoms with Crippen molar-refractivity contribution < 1.29 is 17.6 Å². The van der Waals surface area contributed by atoms with Crippen LogP contribution in [0, 0.1) is 6.92 Å². The number of H-pyrrole nitrogens is 1. The van der Waals surface area contributed by atoms with Crippen LogP contribution < -0.4 is 11.3 Å². The topological polar surface area (TPSA) is 102 Å². The summed E-state index contributed by atoms with van der Waals surface area (Å²) in [7, 11) is 0. The fourth-order valence-corrected chi connectivity index (χ4v) is 2.07. The van der Waals surface area contributed by atoms with E-state index in [1.54, 1.807) is 6.92 Å². The highest BCUT2D eigenvalue weighted by Crippen LogP contribution is 2.31. The largest absolute Gasteiger partial charge is 0.456 e. The molecule has 0 bridgehead atoms. The van der Waals surface area contributed by atoms with E-state index in [2.05, 4.69) is 15.1 Å². The number of anilines is 1. The van der Waals surface area contributed by atoms with Crippen molar-refractivity contribution in [2.75, 3.05) is 5.73 Å². The van der Waals surface area contributed by atoms with E-state index in [-0.39, 0.29) is 29.5 Å². The van der Waals surface area contributed by atoms with E-state index in [4.69, 9.17) is 10.2 Å². The summed E-state index contributed by atoms with van der Waals surface area (Å²) in [5, 5.41) is 2.51. The van der Waals surface area contributed by atoms with Crippen LogP contribution in [0.3, 0.4) is 0 Å². The van der Waals surface area contributed by atoms with Gasteiger partial charge in [-0.2, -0.15) is 22.7 Å². The number of nitrogens with two attached hydrogens (primary N) is 1. The van der Waals surface area contributed by atoms with Crippen molar-refractivity contribution in [1.82, 2.24) is 19.6 Å². The Morgan fingerprint density at radius 2 is 2.09 bits per heavy atom. The van der Waals surface area contributed by atoms with E-state index in [0.29, 0.717) is 5.69 Å². The smallest absolute Gasteiger partial charge is 0.449 e. The second-order valence-electron chi connectivity index (χ2n) is 4.67. The Hall–Kier alpha value is -2.78. The Balaban J connectivity index is 2.04. The quantitative estimate of drug-likeness (QED) is 0.746. The van der Waals surface area contributed by atoms with Gasteiger partial charge in [-0.1, -0.05) is 0 Å². The number of alkyl halides is 3. The van der Waals surface area contributed by atoms with E-state index in [0.717, 1.165) is 10.6 Å². The fraction of sp³-hybridized carbons (Fsp3) is 0.250. The molecule has 0 saturated heterocycles. The number of hydrogen-bond donors (Lipinski definition) is 2. The van der Waals surface area contributed by atoms with Crippen LogP contribution in [0.5, 0.6) is 0 Å². The third kappa shape index (κ3) is 2.32. The first-order valence-electron chi connectivity index (χ1n) is 6.15. The zero-order chi connectivity index (χ0) is 16.1. The lowest BCUT2D eigenvalue weighted by molar-refractivity contribution is -0.153. The van der Waals surface area contributed by atoms with Gasteiger partial charge in [0, 0.05) is 12.0 Å². The standard InChI is InChI=1S/C12H10F3N5O2/c1-5-7(4-6-2-3-8(22-6)12(13,14)15)9(21)20-11(17-5)18-10(16)19-20/h2-3H,4H2,1H3,(H3,16,17,18,19). The SMILES string of the molecule is Cc1nc2nc(N)[nH]n2c(=O)c1Cc1ccc(C(F)(F)F)o1. The van der Waals surface area contributed by atoms with Gasteiger partial charge in [-0.3, -0.25) is 9.89 Å². The molecule has 3 N–H and O–H groups in total. The number of hydrogen-bond acceptors (Lipinski definition) is 5. The molecule has 116 valence electrons. The third-order valence-electron chi connectivity index (χ3n) is 3.10. The Morgan fingerprint density at radius 3 is 2.73 bits per heavy atom. The van der Waals surface area contributed by atoms with Crippen molar-refractivity contribution in [2.24, 2.45) is 0 Å². The van der Waals surface area contributed by atoms with Gasteiger partial charge in [0.15, 0.2) is 0 Å². The molecule has 3 aromatic rings. The van der Waals surface area contributed by atoms with Gasteiger partial charge in [-0.05, 0) is 19.1 Å². The minimum absolute atomic E-state index is 0.0125. The van der Waals surface area contributed by atoms with E-state index in [1.807, 2.05) is 0 Å². The first kappa shape index (κ1) is 14.2. The Labute approximate surface area is 120 Å². The lowest BCUT2D eigenvalue weighted by Crippen LogP contribution is -2.22. The zero-order valence-corrected chi connectivity index (χ0v) is 11.2. The molecule has 0 atom stereocenters. The summed E-state index contributed by atoms with van der Waals surface area (Å²) in [6.07, 6.45) is -4.68. The summed E-state index contributed by atoms with van der Waals surface area (Å²) in [6, 6.07) is 2.00. The average molecular weight is 313 g/mol. The molecule has 0 unspecified atom stereocenters. The molecule has 3 aromatic heterocycles. The van der Waals surface area contributed by atoms with Crippen LogP contribution in [0.4, 0.5) is 19.1 Å². The lowest BCUT2D eigenvalue weighted by Gasteiger charge is -2.04. The maximum atomic E-state index is 12.5. The number of nitrogens with one attached hydrogen (secondary N) is 1. The van der Waals surface area contributed by atoms with Gasteiger partial charge in [0.2, 0.25) is 11.7 Å². The van der Waals surface area contributed by atoms with E-state index in [1.165, 1.54) is 6.07 Å². The van der Waals surface area contributed by atoms with Gasteiger partial charge in [0.05, 0.1) is 5.69 Å². The minimum Gasteiger partial charge on any atom is -0.456 e. The van der Waals surface area contributed by atoms with Crippen LogP contribution in [0.15, 0.2) is 21.3 Å². The number of nitrogen functional groups attached to an aromatic ring is 1. The molecule has 0 radical (unpaired) electrons.